The first-order valence-corrected chi connectivity index (χ1v) is 9.81. The quantitative estimate of drug-likeness (QED) is 0.324. The molecule has 1 aromatic carbocycles. The number of halogens is 2. The predicted octanol–water partition coefficient (Wildman–Crippen LogP) is 2.63. The van der Waals surface area contributed by atoms with Crippen molar-refractivity contribution in [2.24, 2.45) is 4.99 Å². The number of guanidine groups is 1. The Balaban J connectivity index is 0.00000261. The van der Waals surface area contributed by atoms with Crippen LogP contribution in [0.1, 0.15) is 26.2 Å². The number of nitrogens with one attached hydrogen (secondary N) is 2. The van der Waals surface area contributed by atoms with E-state index in [0.29, 0.717) is 38.6 Å². The van der Waals surface area contributed by atoms with Gasteiger partial charge in [0.25, 0.3) is 0 Å². The van der Waals surface area contributed by atoms with Crippen LogP contribution in [-0.4, -0.2) is 62.1 Å². The van der Waals surface area contributed by atoms with Crippen LogP contribution in [-0.2, 0) is 4.74 Å². The molecule has 2 saturated heterocycles. The Morgan fingerprint density at radius 3 is 2.89 bits per heavy atom. The van der Waals surface area contributed by atoms with Gasteiger partial charge in [0.05, 0.1) is 12.1 Å². The number of hydrogen-bond donors (Lipinski definition) is 3. The summed E-state index contributed by atoms with van der Waals surface area (Å²) in [6, 6.07) is 8.29. The number of aliphatic hydroxyl groups is 1. The Labute approximate surface area is 183 Å². The molecule has 1 aromatic rings. The van der Waals surface area contributed by atoms with E-state index in [1.54, 1.807) is 0 Å². The van der Waals surface area contributed by atoms with Crippen molar-refractivity contribution in [2.75, 3.05) is 44.3 Å². The lowest BCUT2D eigenvalue weighted by molar-refractivity contribution is -0.0566. The van der Waals surface area contributed by atoms with E-state index in [-0.39, 0.29) is 24.0 Å². The topological polar surface area (TPSA) is 69.1 Å². The van der Waals surface area contributed by atoms with Gasteiger partial charge in [-0.15, -0.1) is 24.0 Å². The second-order valence-corrected chi connectivity index (χ2v) is 7.52. The predicted molar refractivity (Wildman–Crippen MR) is 122 cm³/mol. The summed E-state index contributed by atoms with van der Waals surface area (Å²) < 4.78 is 5.33. The third-order valence-electron chi connectivity index (χ3n) is 5.00. The van der Waals surface area contributed by atoms with E-state index < -0.39 is 5.60 Å². The zero-order valence-corrected chi connectivity index (χ0v) is 18.9. The van der Waals surface area contributed by atoms with Crippen molar-refractivity contribution < 1.29 is 9.84 Å². The lowest BCUT2D eigenvalue weighted by atomic mass is 9.95. The van der Waals surface area contributed by atoms with Crippen LogP contribution in [0.2, 0.25) is 5.02 Å². The van der Waals surface area contributed by atoms with Crippen LogP contribution in [0.25, 0.3) is 0 Å². The Morgan fingerprint density at radius 2 is 2.19 bits per heavy atom. The monoisotopic (exact) mass is 508 g/mol. The summed E-state index contributed by atoms with van der Waals surface area (Å²) in [7, 11) is 0. The highest BCUT2D eigenvalue weighted by Gasteiger charge is 2.30. The lowest BCUT2D eigenvalue weighted by Crippen LogP contribution is -2.46. The van der Waals surface area contributed by atoms with Gasteiger partial charge in [-0.25, -0.2) is 0 Å². The van der Waals surface area contributed by atoms with Crippen LogP contribution in [0, 0.1) is 0 Å². The van der Waals surface area contributed by atoms with Crippen molar-refractivity contribution in [1.82, 2.24) is 10.6 Å². The number of aliphatic imine (C=N–C) groups is 1. The SMILES string of the molecule is CCNC(=NCC1(O)CCOCC1)NC1CCN(c2cccc(Cl)c2)C1.I. The maximum Gasteiger partial charge on any atom is 0.191 e. The fraction of sp³-hybridized carbons (Fsp3) is 0.632. The summed E-state index contributed by atoms with van der Waals surface area (Å²) in [6.07, 6.45) is 2.32. The van der Waals surface area contributed by atoms with E-state index in [4.69, 9.17) is 16.3 Å². The lowest BCUT2D eigenvalue weighted by Gasteiger charge is -2.30. The van der Waals surface area contributed by atoms with Gasteiger partial charge in [0.1, 0.15) is 0 Å². The standard InChI is InChI=1S/C19H29ClN4O2.HI/c1-2-21-18(22-14-19(25)7-10-26-11-8-19)23-16-6-9-24(13-16)17-5-3-4-15(20)12-17;/h3-5,12,16,25H,2,6-11,13-14H2,1H3,(H2,21,22,23);1H. The third kappa shape index (κ3) is 6.66. The Hall–Kier alpha value is -0.770. The number of ether oxygens (including phenoxy) is 1. The number of anilines is 1. The Kier molecular flexibility index (Phi) is 8.91. The van der Waals surface area contributed by atoms with Gasteiger partial charge >= 0.3 is 0 Å². The maximum absolute atomic E-state index is 10.6. The normalized spacial score (nSPS) is 22.3. The summed E-state index contributed by atoms with van der Waals surface area (Å²) in [6.45, 7) is 6.34. The summed E-state index contributed by atoms with van der Waals surface area (Å²) >= 11 is 6.11. The van der Waals surface area contributed by atoms with Crippen molar-refractivity contribution in [2.45, 2.75) is 37.8 Å². The average molecular weight is 509 g/mol. The highest BCUT2D eigenvalue weighted by atomic mass is 127. The minimum absolute atomic E-state index is 0. The molecule has 2 aliphatic heterocycles. The van der Waals surface area contributed by atoms with E-state index in [1.165, 1.54) is 0 Å². The molecular weight excluding hydrogens is 479 g/mol. The van der Waals surface area contributed by atoms with Gasteiger partial charge in [0.2, 0.25) is 0 Å². The summed E-state index contributed by atoms with van der Waals surface area (Å²) in [5.74, 6) is 0.769. The number of benzene rings is 1. The molecule has 0 aliphatic carbocycles. The molecule has 0 amide bonds. The molecule has 6 nitrogen and oxygen atoms in total. The van der Waals surface area contributed by atoms with Crippen LogP contribution >= 0.6 is 35.6 Å². The van der Waals surface area contributed by atoms with Gasteiger partial charge in [-0.2, -0.15) is 0 Å². The molecule has 0 spiro atoms. The van der Waals surface area contributed by atoms with Gasteiger partial charge < -0.3 is 25.4 Å². The van der Waals surface area contributed by atoms with Gasteiger partial charge in [-0.1, -0.05) is 17.7 Å². The van der Waals surface area contributed by atoms with Crippen molar-refractivity contribution in [3.05, 3.63) is 29.3 Å². The largest absolute Gasteiger partial charge is 0.388 e. The minimum atomic E-state index is -0.747. The van der Waals surface area contributed by atoms with Crippen molar-refractivity contribution in [3.63, 3.8) is 0 Å². The highest BCUT2D eigenvalue weighted by molar-refractivity contribution is 14.0. The van der Waals surface area contributed by atoms with E-state index in [2.05, 4.69) is 26.6 Å². The molecule has 2 aliphatic rings. The zero-order chi connectivity index (χ0) is 18.4. The van der Waals surface area contributed by atoms with E-state index in [0.717, 1.165) is 42.7 Å². The van der Waals surface area contributed by atoms with Crippen molar-refractivity contribution >= 4 is 47.2 Å². The average Bonchev–Trinajstić information content (AvgIpc) is 3.09. The molecule has 2 heterocycles. The second-order valence-electron chi connectivity index (χ2n) is 7.09. The number of nitrogens with zero attached hydrogens (tertiary/aromatic N) is 2. The molecule has 2 fully saturated rings. The van der Waals surface area contributed by atoms with Gasteiger partial charge in [0, 0.05) is 62.4 Å². The first-order chi connectivity index (χ1) is 12.6. The minimum Gasteiger partial charge on any atom is -0.388 e. The molecule has 27 heavy (non-hydrogen) atoms. The molecule has 3 rings (SSSR count). The number of rotatable bonds is 5. The maximum atomic E-state index is 10.6. The molecule has 8 heteroatoms. The van der Waals surface area contributed by atoms with E-state index >= 15 is 0 Å². The van der Waals surface area contributed by atoms with E-state index in [9.17, 15) is 5.11 Å². The number of hydrogen-bond acceptors (Lipinski definition) is 4. The fourth-order valence-corrected chi connectivity index (χ4v) is 3.62. The summed E-state index contributed by atoms with van der Waals surface area (Å²) in [4.78, 5) is 6.97. The Bertz CT molecular complexity index is 625. The Morgan fingerprint density at radius 1 is 1.41 bits per heavy atom. The van der Waals surface area contributed by atoms with Crippen LogP contribution in [0.5, 0.6) is 0 Å². The molecule has 0 aromatic heterocycles. The molecule has 152 valence electrons. The second kappa shape index (κ2) is 10.7. The molecule has 0 bridgehead atoms. The molecule has 0 saturated carbocycles. The van der Waals surface area contributed by atoms with Crippen LogP contribution < -0.4 is 15.5 Å². The van der Waals surface area contributed by atoms with Gasteiger partial charge in [0.15, 0.2) is 5.96 Å². The molecular formula is C19H30ClIN4O2. The van der Waals surface area contributed by atoms with Crippen molar-refractivity contribution in [3.8, 4) is 0 Å². The van der Waals surface area contributed by atoms with Gasteiger partial charge in [-0.05, 0) is 31.5 Å². The smallest absolute Gasteiger partial charge is 0.191 e. The molecule has 1 unspecified atom stereocenters. The first-order valence-electron chi connectivity index (χ1n) is 9.43. The van der Waals surface area contributed by atoms with Gasteiger partial charge in [-0.3, -0.25) is 4.99 Å². The summed E-state index contributed by atoms with van der Waals surface area (Å²) in [5, 5.41) is 18.2. The van der Waals surface area contributed by atoms with Crippen LogP contribution in [0.4, 0.5) is 5.69 Å². The molecule has 3 N–H and O–H groups in total. The molecule has 1 atom stereocenters. The first kappa shape index (κ1) is 22.5. The third-order valence-corrected chi connectivity index (χ3v) is 5.24. The van der Waals surface area contributed by atoms with E-state index in [1.807, 2.05) is 25.1 Å². The molecule has 0 radical (unpaired) electrons. The van der Waals surface area contributed by atoms with Crippen LogP contribution in [0.15, 0.2) is 29.3 Å². The van der Waals surface area contributed by atoms with Crippen molar-refractivity contribution in [1.29, 1.82) is 0 Å². The summed E-state index contributed by atoms with van der Waals surface area (Å²) in [5.41, 5.74) is 0.406. The van der Waals surface area contributed by atoms with Crippen LogP contribution in [0.3, 0.4) is 0 Å². The zero-order valence-electron chi connectivity index (χ0n) is 15.8. The fourth-order valence-electron chi connectivity index (χ4n) is 3.43. The highest BCUT2D eigenvalue weighted by Crippen LogP contribution is 2.24.